The van der Waals surface area contributed by atoms with Crippen molar-refractivity contribution in [2.45, 2.75) is 40.0 Å². The minimum atomic E-state index is 0.183. The molecule has 0 fully saturated rings. The molecule has 0 saturated carbocycles. The Morgan fingerprint density at radius 2 is 1.84 bits per heavy atom. The van der Waals surface area contributed by atoms with Crippen LogP contribution < -0.4 is 10.6 Å². The summed E-state index contributed by atoms with van der Waals surface area (Å²) in [5, 5.41) is 15.7. The monoisotopic (exact) mass is 266 g/mol. The van der Waals surface area contributed by atoms with Crippen molar-refractivity contribution in [3.8, 4) is 0 Å². The SMILES string of the molecule is CCCNc1ncnc(NCC(C)CO)c1CCC. The lowest BCUT2D eigenvalue weighted by Crippen LogP contribution is -2.17. The van der Waals surface area contributed by atoms with E-state index in [2.05, 4.69) is 34.4 Å². The number of nitrogens with zero attached hydrogens (tertiary/aromatic N) is 2. The molecule has 0 aromatic carbocycles. The molecule has 108 valence electrons. The second kappa shape index (κ2) is 8.69. The van der Waals surface area contributed by atoms with E-state index >= 15 is 0 Å². The van der Waals surface area contributed by atoms with Gasteiger partial charge in [0.2, 0.25) is 0 Å². The van der Waals surface area contributed by atoms with Crippen molar-refractivity contribution in [1.82, 2.24) is 9.97 Å². The molecule has 3 N–H and O–H groups in total. The van der Waals surface area contributed by atoms with Crippen LogP contribution in [0.25, 0.3) is 0 Å². The molecule has 0 radical (unpaired) electrons. The molecule has 1 atom stereocenters. The summed E-state index contributed by atoms with van der Waals surface area (Å²) in [6, 6.07) is 0. The molecule has 1 aromatic heterocycles. The van der Waals surface area contributed by atoms with Crippen LogP contribution in [0.3, 0.4) is 0 Å². The zero-order chi connectivity index (χ0) is 14.1. The summed E-state index contributed by atoms with van der Waals surface area (Å²) in [5.74, 6) is 2.03. The number of hydrogen-bond donors (Lipinski definition) is 3. The van der Waals surface area contributed by atoms with Crippen molar-refractivity contribution < 1.29 is 5.11 Å². The van der Waals surface area contributed by atoms with Gasteiger partial charge >= 0.3 is 0 Å². The molecule has 0 aliphatic rings. The highest BCUT2D eigenvalue weighted by Crippen LogP contribution is 2.21. The Bertz CT molecular complexity index is 370. The summed E-state index contributed by atoms with van der Waals surface area (Å²) >= 11 is 0. The minimum Gasteiger partial charge on any atom is -0.396 e. The Morgan fingerprint density at radius 1 is 1.16 bits per heavy atom. The Kier molecular flexibility index (Phi) is 7.18. The zero-order valence-electron chi connectivity index (χ0n) is 12.2. The number of aliphatic hydroxyl groups is 1. The first-order chi connectivity index (χ1) is 9.22. The molecule has 0 aliphatic heterocycles. The highest BCUT2D eigenvalue weighted by atomic mass is 16.3. The maximum atomic E-state index is 9.07. The molecule has 19 heavy (non-hydrogen) atoms. The number of nitrogens with one attached hydrogen (secondary N) is 2. The van der Waals surface area contributed by atoms with Crippen molar-refractivity contribution in [3.05, 3.63) is 11.9 Å². The van der Waals surface area contributed by atoms with Crippen molar-refractivity contribution in [1.29, 1.82) is 0 Å². The lowest BCUT2D eigenvalue weighted by molar-refractivity contribution is 0.244. The highest BCUT2D eigenvalue weighted by Gasteiger charge is 2.11. The van der Waals surface area contributed by atoms with Gasteiger partial charge in [-0.2, -0.15) is 0 Å². The molecular formula is C14H26N4O. The molecule has 0 bridgehead atoms. The Balaban J connectivity index is 2.82. The van der Waals surface area contributed by atoms with Crippen LogP contribution in [0.15, 0.2) is 6.33 Å². The number of aliphatic hydroxyl groups excluding tert-OH is 1. The first-order valence-corrected chi connectivity index (χ1v) is 7.15. The van der Waals surface area contributed by atoms with Gasteiger partial charge in [0, 0.05) is 25.3 Å². The van der Waals surface area contributed by atoms with Gasteiger partial charge < -0.3 is 15.7 Å². The summed E-state index contributed by atoms with van der Waals surface area (Å²) in [6.45, 7) is 8.11. The van der Waals surface area contributed by atoms with Gasteiger partial charge in [0.05, 0.1) is 0 Å². The lowest BCUT2D eigenvalue weighted by atomic mass is 10.1. The summed E-state index contributed by atoms with van der Waals surface area (Å²) in [6.07, 6.45) is 4.66. The third-order valence-electron chi connectivity index (χ3n) is 2.92. The van der Waals surface area contributed by atoms with Gasteiger partial charge in [0.15, 0.2) is 0 Å². The van der Waals surface area contributed by atoms with Crippen LogP contribution in [0.2, 0.25) is 0 Å². The van der Waals surface area contributed by atoms with Crippen LogP contribution in [0.4, 0.5) is 11.6 Å². The van der Waals surface area contributed by atoms with Gasteiger partial charge in [0.25, 0.3) is 0 Å². The van der Waals surface area contributed by atoms with Crippen molar-refractivity contribution in [3.63, 3.8) is 0 Å². The molecule has 0 amide bonds. The van der Waals surface area contributed by atoms with E-state index in [1.807, 2.05) is 6.92 Å². The van der Waals surface area contributed by atoms with Gasteiger partial charge in [0.1, 0.15) is 18.0 Å². The average Bonchev–Trinajstić information content (AvgIpc) is 2.44. The van der Waals surface area contributed by atoms with Crippen molar-refractivity contribution in [2.75, 3.05) is 30.3 Å². The largest absolute Gasteiger partial charge is 0.396 e. The number of anilines is 2. The first kappa shape index (κ1) is 15.7. The van der Waals surface area contributed by atoms with Crippen LogP contribution in [0, 0.1) is 5.92 Å². The van der Waals surface area contributed by atoms with Crippen molar-refractivity contribution in [2.24, 2.45) is 5.92 Å². The number of aromatic nitrogens is 2. The predicted molar refractivity (Wildman–Crippen MR) is 79.5 cm³/mol. The van der Waals surface area contributed by atoms with E-state index in [9.17, 15) is 0 Å². The second-order valence-corrected chi connectivity index (χ2v) is 4.89. The van der Waals surface area contributed by atoms with E-state index in [1.165, 1.54) is 0 Å². The van der Waals surface area contributed by atoms with E-state index in [0.717, 1.165) is 49.6 Å². The fourth-order valence-corrected chi connectivity index (χ4v) is 1.78. The van der Waals surface area contributed by atoms with Gasteiger partial charge in [-0.25, -0.2) is 9.97 Å². The summed E-state index contributed by atoms with van der Waals surface area (Å²) in [7, 11) is 0. The third-order valence-corrected chi connectivity index (χ3v) is 2.92. The highest BCUT2D eigenvalue weighted by molar-refractivity contribution is 5.57. The lowest BCUT2D eigenvalue weighted by Gasteiger charge is -2.16. The maximum absolute atomic E-state index is 9.07. The standard InChI is InChI=1S/C14H26N4O/c1-4-6-12-13(15-7-5-2)17-10-18-14(12)16-8-11(3)9-19/h10-11,19H,4-9H2,1-3H3,(H2,15,16,17,18). The molecule has 1 rings (SSSR count). The molecule has 0 spiro atoms. The van der Waals surface area contributed by atoms with Gasteiger partial charge in [-0.3, -0.25) is 0 Å². The van der Waals surface area contributed by atoms with E-state index in [-0.39, 0.29) is 12.5 Å². The third kappa shape index (κ3) is 5.03. The van der Waals surface area contributed by atoms with Crippen LogP contribution in [-0.2, 0) is 6.42 Å². The molecular weight excluding hydrogens is 240 g/mol. The second-order valence-electron chi connectivity index (χ2n) is 4.89. The first-order valence-electron chi connectivity index (χ1n) is 7.15. The minimum absolute atomic E-state index is 0.183. The van der Waals surface area contributed by atoms with E-state index in [0.29, 0.717) is 0 Å². The molecule has 1 aromatic rings. The molecule has 0 aliphatic carbocycles. The Labute approximate surface area is 115 Å². The van der Waals surface area contributed by atoms with Gasteiger partial charge in [-0.15, -0.1) is 0 Å². The van der Waals surface area contributed by atoms with Gasteiger partial charge in [-0.05, 0) is 18.8 Å². The van der Waals surface area contributed by atoms with Gasteiger partial charge in [-0.1, -0.05) is 27.2 Å². The van der Waals surface area contributed by atoms with Crippen molar-refractivity contribution >= 4 is 11.6 Å². The van der Waals surface area contributed by atoms with E-state index in [1.54, 1.807) is 6.33 Å². The van der Waals surface area contributed by atoms with Crippen LogP contribution in [-0.4, -0.2) is 34.8 Å². The van der Waals surface area contributed by atoms with E-state index in [4.69, 9.17) is 5.11 Å². The Morgan fingerprint density at radius 3 is 2.42 bits per heavy atom. The molecule has 5 heteroatoms. The van der Waals surface area contributed by atoms with Crippen LogP contribution in [0.5, 0.6) is 0 Å². The quantitative estimate of drug-likeness (QED) is 0.640. The Hall–Kier alpha value is -1.36. The maximum Gasteiger partial charge on any atom is 0.134 e. The molecule has 1 heterocycles. The number of rotatable bonds is 9. The fraction of sp³-hybridized carbons (Fsp3) is 0.714. The molecule has 5 nitrogen and oxygen atoms in total. The molecule has 0 saturated heterocycles. The zero-order valence-corrected chi connectivity index (χ0v) is 12.2. The number of hydrogen-bond acceptors (Lipinski definition) is 5. The summed E-state index contributed by atoms with van der Waals surface area (Å²) in [5.41, 5.74) is 1.14. The van der Waals surface area contributed by atoms with E-state index < -0.39 is 0 Å². The fourth-order valence-electron chi connectivity index (χ4n) is 1.78. The molecule has 1 unspecified atom stereocenters. The van der Waals surface area contributed by atoms with Crippen LogP contribution in [0.1, 0.15) is 39.2 Å². The summed E-state index contributed by atoms with van der Waals surface area (Å²) in [4.78, 5) is 8.66. The predicted octanol–water partition coefficient (Wildman–Crippen LogP) is 2.29. The normalized spacial score (nSPS) is 12.2. The average molecular weight is 266 g/mol. The van der Waals surface area contributed by atoms with Crippen LogP contribution >= 0.6 is 0 Å². The summed E-state index contributed by atoms with van der Waals surface area (Å²) < 4.78 is 0. The smallest absolute Gasteiger partial charge is 0.134 e. The topological polar surface area (TPSA) is 70.1 Å².